The van der Waals surface area contributed by atoms with E-state index >= 15 is 0 Å². The molecular weight excluding hydrogens is 264 g/mol. The molecule has 5 nitrogen and oxygen atoms in total. The van der Waals surface area contributed by atoms with Crippen molar-refractivity contribution in [3.63, 3.8) is 0 Å². The Balaban J connectivity index is 1.97. The molecule has 1 N–H and O–H groups in total. The Labute approximate surface area is 124 Å². The third-order valence-electron chi connectivity index (χ3n) is 3.57. The summed E-state index contributed by atoms with van der Waals surface area (Å²) in [6.45, 7) is 4.54. The average molecular weight is 282 g/mol. The zero-order valence-electron chi connectivity index (χ0n) is 12.5. The number of hydrogen-bond donors (Lipinski definition) is 1. The minimum Gasteiger partial charge on any atom is -0.352 e. The van der Waals surface area contributed by atoms with Gasteiger partial charge in [0, 0.05) is 24.8 Å². The van der Waals surface area contributed by atoms with Gasteiger partial charge in [-0.15, -0.1) is 0 Å². The van der Waals surface area contributed by atoms with E-state index in [0.29, 0.717) is 17.7 Å². The third-order valence-corrected chi connectivity index (χ3v) is 3.57. The van der Waals surface area contributed by atoms with Crippen LogP contribution in [-0.4, -0.2) is 22.2 Å². The van der Waals surface area contributed by atoms with Crippen LogP contribution in [0.3, 0.4) is 0 Å². The van der Waals surface area contributed by atoms with Crippen LogP contribution in [0.4, 0.5) is 0 Å². The predicted octanol–water partition coefficient (Wildman–Crippen LogP) is 1.88. The van der Waals surface area contributed by atoms with Gasteiger partial charge in [-0.1, -0.05) is 6.07 Å². The number of rotatable bonds is 4. The molecule has 2 rings (SSSR count). The summed E-state index contributed by atoms with van der Waals surface area (Å²) in [6, 6.07) is 8.72. The highest BCUT2D eigenvalue weighted by atomic mass is 16.1. The van der Waals surface area contributed by atoms with E-state index < -0.39 is 0 Å². The van der Waals surface area contributed by atoms with Gasteiger partial charge in [-0.2, -0.15) is 10.4 Å². The zero-order valence-corrected chi connectivity index (χ0v) is 12.5. The third kappa shape index (κ3) is 3.29. The van der Waals surface area contributed by atoms with Crippen molar-refractivity contribution in [3.05, 3.63) is 52.3 Å². The van der Waals surface area contributed by atoms with Crippen molar-refractivity contribution in [1.29, 1.82) is 5.26 Å². The molecule has 0 fully saturated rings. The lowest BCUT2D eigenvalue weighted by atomic mass is 10.1. The van der Waals surface area contributed by atoms with Crippen LogP contribution in [0.2, 0.25) is 0 Å². The Morgan fingerprint density at radius 3 is 2.81 bits per heavy atom. The van der Waals surface area contributed by atoms with Gasteiger partial charge < -0.3 is 5.32 Å². The van der Waals surface area contributed by atoms with Crippen LogP contribution in [0.15, 0.2) is 24.3 Å². The van der Waals surface area contributed by atoms with Crippen molar-refractivity contribution in [2.45, 2.75) is 20.3 Å². The quantitative estimate of drug-likeness (QED) is 0.930. The van der Waals surface area contributed by atoms with Crippen LogP contribution in [-0.2, 0) is 13.5 Å². The lowest BCUT2D eigenvalue weighted by Crippen LogP contribution is -2.26. The SMILES string of the molecule is Cc1nn(C)c(C)c1CCNC(=O)c1cccc(C#N)c1. The Morgan fingerprint density at radius 1 is 1.43 bits per heavy atom. The van der Waals surface area contributed by atoms with Crippen LogP contribution in [0, 0.1) is 25.2 Å². The lowest BCUT2D eigenvalue weighted by molar-refractivity contribution is 0.0954. The predicted molar refractivity (Wildman–Crippen MR) is 79.9 cm³/mol. The average Bonchev–Trinajstić information content (AvgIpc) is 2.73. The Kier molecular flexibility index (Phi) is 4.39. The van der Waals surface area contributed by atoms with Crippen molar-refractivity contribution >= 4 is 5.91 Å². The number of benzene rings is 1. The maximum Gasteiger partial charge on any atom is 0.251 e. The molecule has 1 aromatic carbocycles. The Morgan fingerprint density at radius 2 is 2.19 bits per heavy atom. The van der Waals surface area contributed by atoms with Crippen molar-refractivity contribution in [1.82, 2.24) is 15.1 Å². The fourth-order valence-electron chi connectivity index (χ4n) is 2.31. The molecule has 5 heteroatoms. The number of nitrogens with one attached hydrogen (secondary N) is 1. The number of carbonyl (C=O) groups excluding carboxylic acids is 1. The molecule has 0 bridgehead atoms. The highest BCUT2D eigenvalue weighted by Crippen LogP contribution is 2.12. The molecule has 0 unspecified atom stereocenters. The van der Waals surface area contributed by atoms with E-state index in [1.807, 2.05) is 31.6 Å². The molecule has 0 spiro atoms. The highest BCUT2D eigenvalue weighted by Gasteiger charge is 2.10. The van der Waals surface area contributed by atoms with Crippen molar-refractivity contribution in [2.24, 2.45) is 7.05 Å². The molecule has 1 aromatic heterocycles. The topological polar surface area (TPSA) is 70.7 Å². The molecule has 1 heterocycles. The zero-order chi connectivity index (χ0) is 15.4. The summed E-state index contributed by atoms with van der Waals surface area (Å²) in [5, 5.41) is 16.1. The molecule has 0 aliphatic rings. The number of amides is 1. The second-order valence-electron chi connectivity index (χ2n) is 4.97. The molecule has 0 atom stereocenters. The van der Waals surface area contributed by atoms with Gasteiger partial charge in [0.05, 0.1) is 17.3 Å². The Bertz CT molecular complexity index is 710. The first-order valence-corrected chi connectivity index (χ1v) is 6.80. The molecule has 2 aromatic rings. The smallest absolute Gasteiger partial charge is 0.251 e. The number of nitriles is 1. The van der Waals surface area contributed by atoms with E-state index in [1.165, 1.54) is 5.56 Å². The molecule has 0 radical (unpaired) electrons. The van der Waals surface area contributed by atoms with Gasteiger partial charge in [-0.25, -0.2) is 0 Å². The molecule has 0 saturated carbocycles. The first kappa shape index (κ1) is 14.8. The summed E-state index contributed by atoms with van der Waals surface area (Å²) in [7, 11) is 1.91. The fourth-order valence-corrected chi connectivity index (χ4v) is 2.31. The van der Waals surface area contributed by atoms with E-state index in [1.54, 1.807) is 24.3 Å². The number of carbonyl (C=O) groups is 1. The molecule has 1 amide bonds. The number of hydrogen-bond acceptors (Lipinski definition) is 3. The largest absolute Gasteiger partial charge is 0.352 e. The maximum absolute atomic E-state index is 12.0. The summed E-state index contributed by atoms with van der Waals surface area (Å²) < 4.78 is 1.85. The van der Waals surface area contributed by atoms with Crippen LogP contribution in [0.1, 0.15) is 32.9 Å². The molecule has 0 aliphatic carbocycles. The van der Waals surface area contributed by atoms with Gasteiger partial charge in [-0.05, 0) is 44.0 Å². The molecule has 21 heavy (non-hydrogen) atoms. The molecule has 0 saturated heterocycles. The van der Waals surface area contributed by atoms with Gasteiger partial charge in [0.15, 0.2) is 0 Å². The van der Waals surface area contributed by atoms with E-state index in [9.17, 15) is 4.79 Å². The number of nitrogens with zero attached hydrogens (tertiary/aromatic N) is 3. The van der Waals surface area contributed by atoms with Gasteiger partial charge in [0.25, 0.3) is 5.91 Å². The summed E-state index contributed by atoms with van der Waals surface area (Å²) in [5.41, 5.74) is 4.28. The molecule has 108 valence electrons. The standard InChI is InChI=1S/C16H18N4O/c1-11-15(12(2)20(3)19-11)7-8-18-16(21)14-6-4-5-13(9-14)10-17/h4-6,9H,7-8H2,1-3H3,(H,18,21). The second-order valence-corrected chi connectivity index (χ2v) is 4.97. The summed E-state index contributed by atoms with van der Waals surface area (Å²) in [4.78, 5) is 12.0. The normalized spacial score (nSPS) is 10.2. The van der Waals surface area contributed by atoms with Crippen LogP contribution < -0.4 is 5.32 Å². The fraction of sp³-hybridized carbons (Fsp3) is 0.312. The van der Waals surface area contributed by atoms with E-state index in [4.69, 9.17) is 5.26 Å². The van der Waals surface area contributed by atoms with Crippen LogP contribution in [0.25, 0.3) is 0 Å². The van der Waals surface area contributed by atoms with Gasteiger partial charge in [0.1, 0.15) is 0 Å². The van der Waals surface area contributed by atoms with Gasteiger partial charge in [-0.3, -0.25) is 9.48 Å². The van der Waals surface area contributed by atoms with Crippen LogP contribution >= 0.6 is 0 Å². The number of aryl methyl sites for hydroxylation is 2. The summed E-state index contributed by atoms with van der Waals surface area (Å²) in [5.74, 6) is -0.161. The highest BCUT2D eigenvalue weighted by molar-refractivity contribution is 5.94. The van der Waals surface area contributed by atoms with Crippen molar-refractivity contribution in [3.8, 4) is 6.07 Å². The van der Waals surface area contributed by atoms with Gasteiger partial charge in [0.2, 0.25) is 0 Å². The van der Waals surface area contributed by atoms with E-state index in [-0.39, 0.29) is 5.91 Å². The van der Waals surface area contributed by atoms with Crippen LogP contribution in [0.5, 0.6) is 0 Å². The number of aromatic nitrogens is 2. The minimum absolute atomic E-state index is 0.161. The maximum atomic E-state index is 12.0. The van der Waals surface area contributed by atoms with E-state index in [2.05, 4.69) is 10.4 Å². The van der Waals surface area contributed by atoms with Gasteiger partial charge >= 0.3 is 0 Å². The summed E-state index contributed by atoms with van der Waals surface area (Å²) in [6.07, 6.45) is 0.745. The first-order chi connectivity index (χ1) is 10.0. The second kappa shape index (κ2) is 6.23. The first-order valence-electron chi connectivity index (χ1n) is 6.80. The Hall–Kier alpha value is -2.61. The van der Waals surface area contributed by atoms with Crippen molar-refractivity contribution in [2.75, 3.05) is 6.54 Å². The lowest BCUT2D eigenvalue weighted by Gasteiger charge is -2.06. The van der Waals surface area contributed by atoms with E-state index in [0.717, 1.165) is 17.8 Å². The minimum atomic E-state index is -0.161. The summed E-state index contributed by atoms with van der Waals surface area (Å²) >= 11 is 0. The molecular formula is C16H18N4O. The van der Waals surface area contributed by atoms with Crippen molar-refractivity contribution < 1.29 is 4.79 Å². The molecule has 0 aliphatic heterocycles. The monoisotopic (exact) mass is 282 g/mol.